The summed E-state index contributed by atoms with van der Waals surface area (Å²) in [4.78, 5) is 55.7. The number of amides is 1. The molecule has 1 aliphatic heterocycles. The maximum Gasteiger partial charge on any atom is 0.328 e. The first-order valence-corrected chi connectivity index (χ1v) is 8.07. The van der Waals surface area contributed by atoms with Crippen molar-refractivity contribution in [1.82, 2.24) is 19.4 Å². The Morgan fingerprint density at radius 2 is 2.08 bits per heavy atom. The summed E-state index contributed by atoms with van der Waals surface area (Å²) in [5, 5.41) is 9.49. The van der Waals surface area contributed by atoms with Crippen molar-refractivity contribution in [1.29, 1.82) is 0 Å². The van der Waals surface area contributed by atoms with E-state index in [1.54, 1.807) is 24.4 Å². The lowest BCUT2D eigenvalue weighted by atomic mass is 9.93. The van der Waals surface area contributed by atoms with Gasteiger partial charge in [0.2, 0.25) is 5.91 Å². The Balaban J connectivity index is 1.81. The molecule has 0 aromatic carbocycles. The molecule has 1 fully saturated rings. The van der Waals surface area contributed by atoms with Crippen LogP contribution in [0.1, 0.15) is 17.2 Å². The molecular weight excluding hydrogens is 340 g/mol. The summed E-state index contributed by atoms with van der Waals surface area (Å²) >= 11 is 0. The second-order valence-electron chi connectivity index (χ2n) is 6.26. The molecule has 0 aliphatic carbocycles. The monoisotopic (exact) mass is 358 g/mol. The molecule has 2 aromatic heterocycles. The highest BCUT2D eigenvalue weighted by Gasteiger charge is 2.41. The fraction of sp³-hybridized carbons (Fsp3) is 0.353. The molecule has 9 nitrogen and oxygen atoms in total. The van der Waals surface area contributed by atoms with Gasteiger partial charge in [0, 0.05) is 49.7 Å². The van der Waals surface area contributed by atoms with Gasteiger partial charge in [-0.05, 0) is 12.1 Å². The number of H-pyrrole nitrogens is 1. The number of carboxylic acids is 1. The third-order valence-electron chi connectivity index (χ3n) is 4.65. The number of pyridine rings is 1. The molecular formula is C17H18N4O5. The van der Waals surface area contributed by atoms with Crippen LogP contribution in [-0.2, 0) is 23.1 Å². The molecule has 0 radical (unpaired) electrons. The number of hydrogen-bond acceptors (Lipinski definition) is 5. The fourth-order valence-corrected chi connectivity index (χ4v) is 3.17. The molecule has 1 saturated heterocycles. The number of carbonyl (C=O) groups excluding carboxylic acids is 1. The smallest absolute Gasteiger partial charge is 0.328 e. The van der Waals surface area contributed by atoms with Gasteiger partial charge in [-0.1, -0.05) is 6.07 Å². The summed E-state index contributed by atoms with van der Waals surface area (Å²) in [6.07, 6.45) is 2.61. The molecule has 2 N–H and O–H groups in total. The quantitative estimate of drug-likeness (QED) is 0.747. The second-order valence-corrected chi connectivity index (χ2v) is 6.26. The summed E-state index contributed by atoms with van der Waals surface area (Å²) in [5.41, 5.74) is -0.327. The molecule has 2 atom stereocenters. The normalized spacial score (nSPS) is 19.5. The Morgan fingerprint density at radius 3 is 2.73 bits per heavy atom. The summed E-state index contributed by atoms with van der Waals surface area (Å²) in [5.74, 6) is -2.52. The number of carboxylic acid groups (broad SMARTS) is 1. The zero-order valence-electron chi connectivity index (χ0n) is 14.1. The first-order chi connectivity index (χ1) is 12.4. The van der Waals surface area contributed by atoms with Gasteiger partial charge in [0.25, 0.3) is 5.56 Å². The molecule has 2 aromatic rings. The minimum atomic E-state index is -0.990. The third-order valence-corrected chi connectivity index (χ3v) is 4.65. The third kappa shape index (κ3) is 3.28. The van der Waals surface area contributed by atoms with Crippen LogP contribution < -0.4 is 11.2 Å². The summed E-state index contributed by atoms with van der Waals surface area (Å²) in [6.45, 7) is 0.273. The Kier molecular flexibility index (Phi) is 4.70. The highest BCUT2D eigenvalue weighted by atomic mass is 16.4. The predicted molar refractivity (Wildman–Crippen MR) is 90.7 cm³/mol. The highest BCUT2D eigenvalue weighted by Crippen LogP contribution is 2.32. The summed E-state index contributed by atoms with van der Waals surface area (Å²) in [6, 6.07) is 5.26. The van der Waals surface area contributed by atoms with Crippen molar-refractivity contribution in [3.05, 3.63) is 62.7 Å². The van der Waals surface area contributed by atoms with Crippen LogP contribution in [-0.4, -0.2) is 49.5 Å². The molecule has 0 saturated carbocycles. The molecule has 0 bridgehead atoms. The van der Waals surface area contributed by atoms with Crippen molar-refractivity contribution < 1.29 is 14.7 Å². The minimum Gasteiger partial charge on any atom is -0.481 e. The number of hydrogen-bond donors (Lipinski definition) is 2. The number of nitrogens with zero attached hydrogens (tertiary/aromatic N) is 3. The van der Waals surface area contributed by atoms with Crippen molar-refractivity contribution in [3.63, 3.8) is 0 Å². The lowest BCUT2D eigenvalue weighted by molar-refractivity contribution is -0.141. The highest BCUT2D eigenvalue weighted by molar-refractivity contribution is 5.81. The number of aromatic amines is 1. The van der Waals surface area contributed by atoms with E-state index in [4.69, 9.17) is 0 Å². The molecule has 9 heteroatoms. The van der Waals surface area contributed by atoms with Crippen LogP contribution in [0.15, 0.2) is 40.2 Å². The lowest BCUT2D eigenvalue weighted by Crippen LogP contribution is -2.37. The van der Waals surface area contributed by atoms with Crippen molar-refractivity contribution in [2.45, 2.75) is 12.3 Å². The van der Waals surface area contributed by atoms with Gasteiger partial charge >= 0.3 is 11.7 Å². The molecule has 136 valence electrons. The number of likely N-dealkylation sites (tertiary alicyclic amines) is 1. The van der Waals surface area contributed by atoms with E-state index in [9.17, 15) is 24.3 Å². The molecule has 0 spiro atoms. The maximum absolute atomic E-state index is 12.6. The van der Waals surface area contributed by atoms with Crippen molar-refractivity contribution in [2.24, 2.45) is 13.0 Å². The van der Waals surface area contributed by atoms with E-state index in [0.717, 1.165) is 4.57 Å². The fourth-order valence-electron chi connectivity index (χ4n) is 3.17. The van der Waals surface area contributed by atoms with Crippen molar-refractivity contribution >= 4 is 11.9 Å². The first-order valence-electron chi connectivity index (χ1n) is 8.07. The van der Waals surface area contributed by atoms with Crippen LogP contribution in [0.3, 0.4) is 0 Å². The van der Waals surface area contributed by atoms with Gasteiger partial charge < -0.3 is 15.0 Å². The van der Waals surface area contributed by atoms with Crippen LogP contribution in [0.25, 0.3) is 0 Å². The molecule has 3 rings (SSSR count). The van der Waals surface area contributed by atoms with Crippen LogP contribution in [0.4, 0.5) is 0 Å². The van der Waals surface area contributed by atoms with Gasteiger partial charge in [-0.2, -0.15) is 0 Å². The number of aromatic nitrogens is 3. The number of aliphatic carboxylic acids is 1. The largest absolute Gasteiger partial charge is 0.481 e. The zero-order chi connectivity index (χ0) is 18.8. The van der Waals surface area contributed by atoms with E-state index in [1.165, 1.54) is 18.1 Å². The minimum absolute atomic E-state index is 0.0546. The maximum atomic E-state index is 12.6. The SMILES string of the molecule is Cn1c(=O)[nH]cc(CC(=O)N2C[C@H](C(=O)O)[C@@H](c3ccccn3)C2)c1=O. The van der Waals surface area contributed by atoms with Gasteiger partial charge in [-0.25, -0.2) is 4.79 Å². The molecule has 1 aliphatic rings. The molecule has 0 unspecified atom stereocenters. The molecule has 3 heterocycles. The van der Waals surface area contributed by atoms with Crippen LogP contribution in [0.2, 0.25) is 0 Å². The van der Waals surface area contributed by atoms with E-state index < -0.39 is 29.1 Å². The standard InChI is InChI=1S/C17H18N4O5/c1-20-15(23)10(7-19-17(20)26)6-14(22)21-8-11(12(9-21)16(24)25)13-4-2-3-5-18-13/h2-5,7,11-12H,6,8-9H2,1H3,(H,19,26)(H,24,25)/t11-,12-/m0/s1. The van der Waals surface area contributed by atoms with Crippen molar-refractivity contribution in [3.8, 4) is 0 Å². The zero-order valence-corrected chi connectivity index (χ0v) is 14.1. The van der Waals surface area contributed by atoms with Crippen LogP contribution >= 0.6 is 0 Å². The van der Waals surface area contributed by atoms with E-state index in [2.05, 4.69) is 9.97 Å². The lowest BCUT2D eigenvalue weighted by Gasteiger charge is -2.16. The first kappa shape index (κ1) is 17.6. The van der Waals surface area contributed by atoms with Gasteiger partial charge in [0.15, 0.2) is 0 Å². The Morgan fingerprint density at radius 1 is 1.31 bits per heavy atom. The number of rotatable bonds is 4. The second kappa shape index (κ2) is 6.95. The van der Waals surface area contributed by atoms with Gasteiger partial charge in [-0.15, -0.1) is 0 Å². The van der Waals surface area contributed by atoms with E-state index in [0.29, 0.717) is 5.69 Å². The Hall–Kier alpha value is -3.23. The number of carbonyl (C=O) groups is 2. The van der Waals surface area contributed by atoms with Gasteiger partial charge in [-0.3, -0.25) is 23.9 Å². The van der Waals surface area contributed by atoms with Gasteiger partial charge in [0.1, 0.15) is 0 Å². The average molecular weight is 358 g/mol. The predicted octanol–water partition coefficient (Wildman–Crippen LogP) is -0.662. The van der Waals surface area contributed by atoms with Crippen LogP contribution in [0, 0.1) is 5.92 Å². The topological polar surface area (TPSA) is 125 Å². The molecule has 1 amide bonds. The molecule has 26 heavy (non-hydrogen) atoms. The van der Waals surface area contributed by atoms with E-state index in [1.807, 2.05) is 0 Å². The Labute approximate surface area is 147 Å². The van der Waals surface area contributed by atoms with Crippen molar-refractivity contribution in [2.75, 3.05) is 13.1 Å². The number of nitrogens with one attached hydrogen (secondary N) is 1. The Bertz CT molecular complexity index is 950. The summed E-state index contributed by atoms with van der Waals surface area (Å²) < 4.78 is 0.892. The average Bonchev–Trinajstić information content (AvgIpc) is 3.09. The van der Waals surface area contributed by atoms with Gasteiger partial charge in [0.05, 0.1) is 12.3 Å². The van der Waals surface area contributed by atoms with E-state index in [-0.39, 0.29) is 31.0 Å². The summed E-state index contributed by atoms with van der Waals surface area (Å²) in [7, 11) is 1.32. The van der Waals surface area contributed by atoms with Crippen LogP contribution in [0.5, 0.6) is 0 Å². The van der Waals surface area contributed by atoms with E-state index >= 15 is 0 Å².